The molecule has 35 heavy (non-hydrogen) atoms. The number of rotatable bonds is 6. The number of carbonyl (C=O) groups is 1. The molecule has 1 saturated heterocycles. The number of morpholine rings is 1. The fourth-order valence-electron chi connectivity index (χ4n) is 3.67. The number of nitrogens with zero attached hydrogens (tertiary/aromatic N) is 8. The summed E-state index contributed by atoms with van der Waals surface area (Å²) >= 11 is 1.52. The zero-order valence-electron chi connectivity index (χ0n) is 18.9. The molecule has 4 aromatic rings. The number of amides is 1. The average Bonchev–Trinajstić information content (AvgIpc) is 3.31. The minimum absolute atomic E-state index is 0.181. The van der Waals surface area contributed by atoms with Gasteiger partial charge in [0.15, 0.2) is 11.6 Å². The van der Waals surface area contributed by atoms with Crippen LogP contribution in [-0.4, -0.2) is 79.6 Å². The van der Waals surface area contributed by atoms with Crippen LogP contribution >= 0.6 is 11.3 Å². The number of pyridine rings is 1. The van der Waals surface area contributed by atoms with Gasteiger partial charge in [0.2, 0.25) is 0 Å². The van der Waals surface area contributed by atoms with Crippen molar-refractivity contribution in [1.82, 2.24) is 35.1 Å². The molecular formula is C22H23N9O3S. The standard InChI is InChI=1S/C22H23N9O3S/c1-29(31(33)22(32)15-9-24-13-25-10-15)12-16-8-17-19(35-16)21(30-4-6-34-7-5-30)28-20(27-17)14-2-3-18(23)26-11-14/h2-3,8-11,13,33H,4-7,12H2,1H3,(H2,23,26). The molecule has 1 aliphatic heterocycles. The van der Waals surface area contributed by atoms with Gasteiger partial charge < -0.3 is 15.4 Å². The summed E-state index contributed by atoms with van der Waals surface area (Å²) in [6.07, 6.45) is 5.68. The summed E-state index contributed by atoms with van der Waals surface area (Å²) in [6.45, 7) is 2.96. The van der Waals surface area contributed by atoms with Gasteiger partial charge in [-0.3, -0.25) is 10.0 Å². The summed E-state index contributed by atoms with van der Waals surface area (Å²) in [7, 11) is 1.62. The summed E-state index contributed by atoms with van der Waals surface area (Å²) in [5.41, 5.74) is 7.46. The van der Waals surface area contributed by atoms with Crippen molar-refractivity contribution in [2.24, 2.45) is 0 Å². The van der Waals surface area contributed by atoms with Gasteiger partial charge in [0, 0.05) is 49.2 Å². The third kappa shape index (κ3) is 4.88. The molecule has 0 atom stereocenters. The van der Waals surface area contributed by atoms with Crippen molar-refractivity contribution in [3.8, 4) is 11.4 Å². The van der Waals surface area contributed by atoms with Crippen molar-refractivity contribution in [2.45, 2.75) is 6.54 Å². The molecule has 1 fully saturated rings. The Morgan fingerprint density at radius 3 is 2.69 bits per heavy atom. The minimum Gasteiger partial charge on any atom is -0.384 e. The molecule has 180 valence electrons. The van der Waals surface area contributed by atoms with E-state index in [4.69, 9.17) is 20.4 Å². The quantitative estimate of drug-likeness (QED) is 0.299. The van der Waals surface area contributed by atoms with Gasteiger partial charge >= 0.3 is 0 Å². The number of aromatic nitrogens is 5. The van der Waals surface area contributed by atoms with Gasteiger partial charge in [-0.1, -0.05) is 0 Å². The Labute approximate surface area is 204 Å². The van der Waals surface area contributed by atoms with E-state index < -0.39 is 5.91 Å². The Bertz CT molecular complexity index is 1330. The van der Waals surface area contributed by atoms with Crippen molar-refractivity contribution >= 4 is 39.1 Å². The first-order chi connectivity index (χ1) is 17.0. The monoisotopic (exact) mass is 493 g/mol. The van der Waals surface area contributed by atoms with Gasteiger partial charge in [-0.25, -0.2) is 24.9 Å². The Hall–Kier alpha value is -3.78. The van der Waals surface area contributed by atoms with Crippen LogP contribution < -0.4 is 10.6 Å². The van der Waals surface area contributed by atoms with Crippen LogP contribution in [0.15, 0.2) is 43.1 Å². The highest BCUT2D eigenvalue weighted by Crippen LogP contribution is 2.35. The Balaban J connectivity index is 1.46. The number of anilines is 2. The van der Waals surface area contributed by atoms with E-state index in [2.05, 4.69) is 19.9 Å². The normalized spacial score (nSPS) is 14.0. The van der Waals surface area contributed by atoms with Crippen LogP contribution in [0.5, 0.6) is 0 Å². The number of hydrazine groups is 1. The Kier molecular flexibility index (Phi) is 6.46. The lowest BCUT2D eigenvalue weighted by Crippen LogP contribution is -2.41. The van der Waals surface area contributed by atoms with E-state index in [-0.39, 0.29) is 12.1 Å². The predicted molar refractivity (Wildman–Crippen MR) is 130 cm³/mol. The Morgan fingerprint density at radius 2 is 1.97 bits per heavy atom. The van der Waals surface area contributed by atoms with E-state index in [1.54, 1.807) is 19.3 Å². The van der Waals surface area contributed by atoms with Crippen LogP contribution in [0.25, 0.3) is 21.6 Å². The molecule has 5 rings (SSSR count). The summed E-state index contributed by atoms with van der Waals surface area (Å²) in [6, 6.07) is 5.51. The minimum atomic E-state index is -0.624. The number of thiophene rings is 1. The maximum atomic E-state index is 12.5. The van der Waals surface area contributed by atoms with Gasteiger partial charge in [-0.05, 0) is 18.2 Å². The van der Waals surface area contributed by atoms with Crippen molar-refractivity contribution in [3.63, 3.8) is 0 Å². The zero-order chi connectivity index (χ0) is 24.4. The SMILES string of the molecule is CN(Cc1cc2nc(-c3ccc(N)nc3)nc(N3CCOCC3)c2s1)N(O)C(=O)c1cncnc1. The largest absolute Gasteiger partial charge is 0.384 e. The highest BCUT2D eigenvalue weighted by atomic mass is 32.1. The van der Waals surface area contributed by atoms with E-state index in [1.807, 2.05) is 12.1 Å². The molecule has 0 aliphatic carbocycles. The summed E-state index contributed by atoms with van der Waals surface area (Å²) in [4.78, 5) is 37.1. The highest BCUT2D eigenvalue weighted by molar-refractivity contribution is 7.19. The van der Waals surface area contributed by atoms with Gasteiger partial charge in [0.05, 0.1) is 35.5 Å². The molecule has 0 saturated carbocycles. The van der Waals surface area contributed by atoms with Crippen molar-refractivity contribution in [1.29, 1.82) is 0 Å². The molecule has 3 N–H and O–H groups in total. The second-order valence-electron chi connectivity index (χ2n) is 7.91. The number of hydroxylamine groups is 1. The first-order valence-electron chi connectivity index (χ1n) is 10.8. The molecule has 0 spiro atoms. The summed E-state index contributed by atoms with van der Waals surface area (Å²) in [5, 5.41) is 12.4. The maximum Gasteiger partial charge on any atom is 0.295 e. The number of nitrogens with two attached hydrogens (primary N) is 1. The van der Waals surface area contributed by atoms with E-state index in [1.165, 1.54) is 35.1 Å². The molecule has 4 aromatic heterocycles. The van der Waals surface area contributed by atoms with Crippen LogP contribution in [0, 0.1) is 0 Å². The number of ether oxygens (including phenoxy) is 1. The number of hydrogen-bond acceptors (Lipinski definition) is 12. The topological polar surface area (TPSA) is 147 Å². The van der Waals surface area contributed by atoms with Gasteiger partial charge in [0.1, 0.15) is 12.1 Å². The molecule has 5 heterocycles. The first-order valence-corrected chi connectivity index (χ1v) is 11.7. The van der Waals surface area contributed by atoms with Gasteiger partial charge in [-0.15, -0.1) is 16.5 Å². The molecule has 13 heteroatoms. The smallest absolute Gasteiger partial charge is 0.295 e. The fraction of sp³-hybridized carbons (Fsp3) is 0.273. The second kappa shape index (κ2) is 9.84. The van der Waals surface area contributed by atoms with Crippen molar-refractivity contribution in [2.75, 3.05) is 44.0 Å². The van der Waals surface area contributed by atoms with Crippen LogP contribution in [0.2, 0.25) is 0 Å². The third-order valence-corrected chi connectivity index (χ3v) is 6.56. The molecule has 1 aliphatic rings. The van der Waals surface area contributed by atoms with Gasteiger partial charge in [0.25, 0.3) is 5.91 Å². The lowest BCUT2D eigenvalue weighted by Gasteiger charge is -2.28. The molecule has 12 nitrogen and oxygen atoms in total. The maximum absolute atomic E-state index is 12.5. The molecular weight excluding hydrogens is 470 g/mol. The lowest BCUT2D eigenvalue weighted by atomic mass is 10.2. The van der Waals surface area contributed by atoms with Crippen LogP contribution in [0.3, 0.4) is 0 Å². The van der Waals surface area contributed by atoms with E-state index >= 15 is 0 Å². The first kappa shape index (κ1) is 23.0. The number of hydrogen-bond donors (Lipinski definition) is 2. The lowest BCUT2D eigenvalue weighted by molar-refractivity contribution is -0.195. The molecule has 1 amide bonds. The number of carbonyl (C=O) groups excluding carboxylic acids is 1. The molecule has 0 aromatic carbocycles. The van der Waals surface area contributed by atoms with E-state index in [9.17, 15) is 10.0 Å². The number of fused-ring (bicyclic) bond motifs is 1. The number of nitrogen functional groups attached to an aromatic ring is 1. The third-order valence-electron chi connectivity index (χ3n) is 5.46. The van der Waals surface area contributed by atoms with E-state index in [0.29, 0.717) is 30.0 Å². The zero-order valence-corrected chi connectivity index (χ0v) is 19.7. The van der Waals surface area contributed by atoms with E-state index in [0.717, 1.165) is 39.6 Å². The molecule has 0 radical (unpaired) electrons. The second-order valence-corrected chi connectivity index (χ2v) is 9.04. The average molecular weight is 494 g/mol. The summed E-state index contributed by atoms with van der Waals surface area (Å²) in [5.74, 6) is 1.17. The van der Waals surface area contributed by atoms with Crippen LogP contribution in [-0.2, 0) is 11.3 Å². The van der Waals surface area contributed by atoms with Gasteiger partial charge in [-0.2, -0.15) is 5.01 Å². The predicted octanol–water partition coefficient (Wildman–Crippen LogP) is 1.84. The van der Waals surface area contributed by atoms with Crippen molar-refractivity contribution < 1.29 is 14.7 Å². The van der Waals surface area contributed by atoms with Crippen molar-refractivity contribution in [3.05, 3.63) is 53.6 Å². The highest BCUT2D eigenvalue weighted by Gasteiger charge is 2.23. The van der Waals surface area contributed by atoms with Crippen LogP contribution in [0.4, 0.5) is 11.6 Å². The Morgan fingerprint density at radius 1 is 1.20 bits per heavy atom. The molecule has 0 unspecified atom stereocenters. The van der Waals surface area contributed by atoms with Crippen LogP contribution in [0.1, 0.15) is 15.2 Å². The summed E-state index contributed by atoms with van der Waals surface area (Å²) < 4.78 is 6.44. The molecule has 0 bridgehead atoms. The fourth-order valence-corrected chi connectivity index (χ4v) is 4.83.